The molecule has 0 radical (unpaired) electrons. The second kappa shape index (κ2) is 6.23. The zero-order valence-electron chi connectivity index (χ0n) is 10.8. The molecule has 4 N–H and O–H groups in total. The Balaban J connectivity index is 1.97. The number of nitrogen functional groups attached to an aromatic ring is 1. The first-order chi connectivity index (χ1) is 9.94. The Morgan fingerprint density at radius 1 is 1.38 bits per heavy atom. The number of anilines is 1. The van der Waals surface area contributed by atoms with Crippen LogP contribution >= 0.6 is 11.6 Å². The lowest BCUT2D eigenvalue weighted by molar-refractivity contribution is -0.137. The maximum atomic E-state index is 11.9. The Hall–Kier alpha value is -2.61. The molecule has 0 atom stereocenters. The molecule has 0 aliphatic carbocycles. The van der Waals surface area contributed by atoms with E-state index >= 15 is 0 Å². The number of carboxylic acids is 1. The maximum absolute atomic E-state index is 11.9. The number of aromatic nitrogens is 3. The number of carbonyl (C=O) groups excluding carboxylic acids is 1. The van der Waals surface area contributed by atoms with Gasteiger partial charge in [-0.1, -0.05) is 16.8 Å². The van der Waals surface area contributed by atoms with Gasteiger partial charge in [-0.2, -0.15) is 0 Å². The van der Waals surface area contributed by atoms with Gasteiger partial charge < -0.3 is 16.2 Å². The summed E-state index contributed by atoms with van der Waals surface area (Å²) in [6.45, 7) is -0.170. The number of nitrogens with two attached hydrogens (primary N) is 1. The Bertz CT molecular complexity index is 665. The molecular weight excluding hydrogens is 298 g/mol. The summed E-state index contributed by atoms with van der Waals surface area (Å²) in [6.07, 6.45) is 1.45. The number of carboxylic acid groups (broad SMARTS) is 1. The van der Waals surface area contributed by atoms with Crippen molar-refractivity contribution in [3.8, 4) is 0 Å². The van der Waals surface area contributed by atoms with Crippen molar-refractivity contribution in [2.75, 3.05) is 5.73 Å². The fourth-order valence-electron chi connectivity index (χ4n) is 1.65. The molecule has 9 heteroatoms. The maximum Gasteiger partial charge on any atom is 0.325 e. The lowest BCUT2D eigenvalue weighted by atomic mass is 10.2. The van der Waals surface area contributed by atoms with Gasteiger partial charge in [0, 0.05) is 16.3 Å². The molecule has 0 fully saturated rings. The van der Waals surface area contributed by atoms with Crippen LogP contribution in [0.4, 0.5) is 5.69 Å². The number of carbonyl (C=O) groups is 2. The van der Waals surface area contributed by atoms with E-state index in [-0.39, 0.29) is 19.0 Å². The van der Waals surface area contributed by atoms with Gasteiger partial charge in [0.15, 0.2) is 0 Å². The van der Waals surface area contributed by atoms with Crippen molar-refractivity contribution < 1.29 is 14.7 Å². The lowest BCUT2D eigenvalue weighted by Gasteiger charge is -2.04. The van der Waals surface area contributed by atoms with Crippen molar-refractivity contribution in [1.29, 1.82) is 0 Å². The standard InChI is InChI=1S/C12H12ClN5O3/c13-8-1-7(2-9(14)3-8)12(21)15-4-10-5-18(17-16-10)6-11(19)20/h1-3,5H,4,6,14H2,(H,15,21)(H,19,20). The monoisotopic (exact) mass is 309 g/mol. The molecule has 0 saturated heterocycles. The summed E-state index contributed by atoms with van der Waals surface area (Å²) in [5, 5.41) is 19.0. The third-order valence-corrected chi connectivity index (χ3v) is 2.71. The number of nitrogens with zero attached hydrogens (tertiary/aromatic N) is 3. The summed E-state index contributed by atoms with van der Waals surface area (Å²) in [5.41, 5.74) is 6.77. The van der Waals surface area contributed by atoms with Gasteiger partial charge >= 0.3 is 5.97 Å². The predicted octanol–water partition coefficient (Wildman–Crippen LogP) is 0.528. The zero-order chi connectivity index (χ0) is 15.4. The Labute approximate surface area is 124 Å². The van der Waals surface area contributed by atoms with E-state index in [9.17, 15) is 9.59 Å². The van der Waals surface area contributed by atoms with Crippen LogP contribution in [-0.4, -0.2) is 32.0 Å². The summed E-state index contributed by atoms with van der Waals surface area (Å²) in [7, 11) is 0. The van der Waals surface area contributed by atoms with Gasteiger partial charge in [-0.25, -0.2) is 4.68 Å². The molecule has 0 aliphatic rings. The van der Waals surface area contributed by atoms with Crippen molar-refractivity contribution in [2.45, 2.75) is 13.1 Å². The van der Waals surface area contributed by atoms with Crippen LogP contribution in [0, 0.1) is 0 Å². The molecule has 1 aromatic carbocycles. The summed E-state index contributed by atoms with van der Waals surface area (Å²) >= 11 is 5.82. The largest absolute Gasteiger partial charge is 0.480 e. The number of amides is 1. The molecule has 0 aliphatic heterocycles. The normalized spacial score (nSPS) is 10.3. The van der Waals surface area contributed by atoms with Gasteiger partial charge in [0.25, 0.3) is 5.91 Å². The van der Waals surface area contributed by atoms with E-state index in [0.717, 1.165) is 0 Å². The van der Waals surface area contributed by atoms with Crippen LogP contribution in [0.15, 0.2) is 24.4 Å². The van der Waals surface area contributed by atoms with Crippen LogP contribution in [-0.2, 0) is 17.9 Å². The molecule has 110 valence electrons. The number of hydrogen-bond acceptors (Lipinski definition) is 5. The van der Waals surface area contributed by atoms with E-state index in [1.165, 1.54) is 29.1 Å². The van der Waals surface area contributed by atoms with E-state index in [0.29, 0.717) is 22.0 Å². The molecule has 1 amide bonds. The zero-order valence-corrected chi connectivity index (χ0v) is 11.5. The third kappa shape index (κ3) is 4.18. The number of nitrogens with one attached hydrogen (secondary N) is 1. The SMILES string of the molecule is Nc1cc(Cl)cc(C(=O)NCc2cn(CC(=O)O)nn2)c1. The number of rotatable bonds is 5. The average Bonchev–Trinajstić information content (AvgIpc) is 2.81. The van der Waals surface area contributed by atoms with Crippen LogP contribution in [0.1, 0.15) is 16.1 Å². The van der Waals surface area contributed by atoms with E-state index in [4.69, 9.17) is 22.4 Å². The second-order valence-corrected chi connectivity index (χ2v) is 4.69. The van der Waals surface area contributed by atoms with E-state index in [2.05, 4.69) is 15.6 Å². The molecule has 1 aromatic heterocycles. The fraction of sp³-hybridized carbons (Fsp3) is 0.167. The topological polar surface area (TPSA) is 123 Å². The quantitative estimate of drug-likeness (QED) is 0.692. The van der Waals surface area contributed by atoms with E-state index < -0.39 is 5.97 Å². The molecule has 2 aromatic rings. The average molecular weight is 310 g/mol. The Morgan fingerprint density at radius 2 is 2.14 bits per heavy atom. The number of benzene rings is 1. The van der Waals surface area contributed by atoms with Gasteiger partial charge in [0.2, 0.25) is 0 Å². The first-order valence-corrected chi connectivity index (χ1v) is 6.27. The first-order valence-electron chi connectivity index (χ1n) is 5.89. The van der Waals surface area contributed by atoms with Crippen LogP contribution in [0.5, 0.6) is 0 Å². The molecule has 0 bridgehead atoms. The predicted molar refractivity (Wildman–Crippen MR) is 74.7 cm³/mol. The van der Waals surface area contributed by atoms with Crippen molar-refractivity contribution in [2.24, 2.45) is 0 Å². The smallest absolute Gasteiger partial charge is 0.325 e. The molecule has 0 saturated carbocycles. The summed E-state index contributed by atoms with van der Waals surface area (Å²) in [6, 6.07) is 4.53. The summed E-state index contributed by atoms with van der Waals surface area (Å²) in [5.74, 6) is -1.39. The highest BCUT2D eigenvalue weighted by Crippen LogP contribution is 2.16. The minimum Gasteiger partial charge on any atom is -0.480 e. The lowest BCUT2D eigenvalue weighted by Crippen LogP contribution is -2.23. The van der Waals surface area contributed by atoms with Crippen LogP contribution in [0.25, 0.3) is 0 Å². The molecule has 0 spiro atoms. The van der Waals surface area contributed by atoms with Crippen molar-refractivity contribution in [3.63, 3.8) is 0 Å². The fourth-order valence-corrected chi connectivity index (χ4v) is 1.90. The highest BCUT2D eigenvalue weighted by Gasteiger charge is 2.09. The minimum atomic E-state index is -1.02. The molecular formula is C12H12ClN5O3. The van der Waals surface area contributed by atoms with Crippen LogP contribution < -0.4 is 11.1 Å². The number of aliphatic carboxylic acids is 1. The van der Waals surface area contributed by atoms with E-state index in [1.54, 1.807) is 0 Å². The molecule has 0 unspecified atom stereocenters. The van der Waals surface area contributed by atoms with Gasteiger partial charge in [-0.15, -0.1) is 5.10 Å². The third-order valence-electron chi connectivity index (χ3n) is 2.50. The number of hydrogen-bond donors (Lipinski definition) is 3. The molecule has 8 nitrogen and oxygen atoms in total. The highest BCUT2D eigenvalue weighted by molar-refractivity contribution is 6.31. The second-order valence-electron chi connectivity index (χ2n) is 4.26. The molecule has 21 heavy (non-hydrogen) atoms. The van der Waals surface area contributed by atoms with Crippen molar-refractivity contribution >= 4 is 29.2 Å². The number of halogens is 1. The van der Waals surface area contributed by atoms with E-state index in [1.807, 2.05) is 0 Å². The summed E-state index contributed by atoms with van der Waals surface area (Å²) < 4.78 is 1.17. The Morgan fingerprint density at radius 3 is 2.81 bits per heavy atom. The summed E-state index contributed by atoms with van der Waals surface area (Å²) in [4.78, 5) is 22.4. The van der Waals surface area contributed by atoms with Crippen molar-refractivity contribution in [1.82, 2.24) is 20.3 Å². The van der Waals surface area contributed by atoms with Crippen LogP contribution in [0.3, 0.4) is 0 Å². The van der Waals surface area contributed by atoms with Gasteiger partial charge in [-0.3, -0.25) is 9.59 Å². The minimum absolute atomic E-state index is 0.116. The first kappa shape index (κ1) is 14.8. The molecule has 1 heterocycles. The van der Waals surface area contributed by atoms with Crippen molar-refractivity contribution in [3.05, 3.63) is 40.7 Å². The van der Waals surface area contributed by atoms with Gasteiger partial charge in [0.1, 0.15) is 12.2 Å². The molecule has 2 rings (SSSR count). The highest BCUT2D eigenvalue weighted by atomic mass is 35.5. The van der Waals surface area contributed by atoms with Gasteiger partial charge in [-0.05, 0) is 18.2 Å². The Kier molecular flexibility index (Phi) is 4.39. The van der Waals surface area contributed by atoms with Gasteiger partial charge in [0.05, 0.1) is 12.7 Å². The van der Waals surface area contributed by atoms with Crippen LogP contribution in [0.2, 0.25) is 5.02 Å².